The highest BCUT2D eigenvalue weighted by atomic mass is 35.5. The van der Waals surface area contributed by atoms with E-state index < -0.39 is 41.3 Å². The minimum absolute atomic E-state index is 0. The van der Waals surface area contributed by atoms with Crippen molar-refractivity contribution < 1.29 is 23.6 Å². The minimum Gasteiger partial charge on any atom is -0.352 e. The van der Waals surface area contributed by atoms with Gasteiger partial charge in [-0.1, -0.05) is 75.4 Å². The van der Waals surface area contributed by atoms with Gasteiger partial charge < -0.3 is 21.3 Å². The fourth-order valence-electron chi connectivity index (χ4n) is 5.24. The molecule has 0 aliphatic carbocycles. The van der Waals surface area contributed by atoms with Gasteiger partial charge in [-0.2, -0.15) is 0 Å². The Hall–Kier alpha value is -5.06. The third-order valence-electron chi connectivity index (χ3n) is 7.98. The maximum atomic E-state index is 14.4. The van der Waals surface area contributed by atoms with Gasteiger partial charge in [-0.15, -0.1) is 12.4 Å². The molecule has 1 aliphatic heterocycles. The molecule has 4 aromatic rings. The molecule has 0 saturated carbocycles. The number of fused-ring (bicyclic) bond motifs is 1. The highest BCUT2D eigenvalue weighted by Crippen LogP contribution is 2.40. The molecule has 5 rings (SSSR count). The highest BCUT2D eigenvalue weighted by molar-refractivity contribution is 6.21. The number of anilines is 4. The quantitative estimate of drug-likeness (QED) is 0.182. The summed E-state index contributed by atoms with van der Waals surface area (Å²) >= 11 is 0. The summed E-state index contributed by atoms with van der Waals surface area (Å²) in [4.78, 5) is 57.4. The second-order valence-corrected chi connectivity index (χ2v) is 12.5. The Morgan fingerprint density at radius 3 is 2.04 bits per heavy atom. The van der Waals surface area contributed by atoms with Crippen molar-refractivity contribution in [1.29, 1.82) is 0 Å². The van der Waals surface area contributed by atoms with Gasteiger partial charge in [0.1, 0.15) is 11.7 Å². The number of halogens is 2. The third kappa shape index (κ3) is 8.07. The SMILES string of the molecule is CC(C)(C)C(=O)Nc1ccc(CN2C(=O)C(CC(=O)NCc3ccccc3F)C(=O)N(c3ccc(CN)cc3)c3ccccc32)cc1.Cl. The van der Waals surface area contributed by atoms with Crippen LogP contribution in [-0.4, -0.2) is 23.6 Å². The van der Waals surface area contributed by atoms with Crippen molar-refractivity contribution in [1.82, 2.24) is 5.32 Å². The standard InChI is InChI=1S/C37H38FN5O4.ClH/c1-37(2,3)36(47)41-27-16-12-25(13-17-27)23-42-31-10-6-7-11-32(31)43(28-18-14-24(21-39)15-19-28)35(46)29(34(42)45)20-33(44)40-22-26-8-4-5-9-30(26)38;/h4-19,29H,20-23,39H2,1-3H3,(H,40,44)(H,41,47);1H. The lowest BCUT2D eigenvalue weighted by molar-refractivity contribution is -0.136. The Morgan fingerprint density at radius 1 is 0.812 bits per heavy atom. The van der Waals surface area contributed by atoms with Crippen molar-refractivity contribution in [2.45, 2.75) is 46.8 Å². The maximum absolute atomic E-state index is 14.4. The molecule has 1 heterocycles. The van der Waals surface area contributed by atoms with Crippen LogP contribution in [0.25, 0.3) is 0 Å². The summed E-state index contributed by atoms with van der Waals surface area (Å²) < 4.78 is 14.2. The molecule has 4 aromatic carbocycles. The van der Waals surface area contributed by atoms with Gasteiger partial charge in [-0.05, 0) is 53.6 Å². The molecule has 48 heavy (non-hydrogen) atoms. The Morgan fingerprint density at radius 2 is 1.42 bits per heavy atom. The molecule has 0 aromatic heterocycles. The fourth-order valence-corrected chi connectivity index (χ4v) is 5.24. The molecule has 0 saturated heterocycles. The Kier molecular flexibility index (Phi) is 11.4. The molecule has 1 unspecified atom stereocenters. The van der Waals surface area contributed by atoms with E-state index in [2.05, 4.69) is 10.6 Å². The zero-order chi connectivity index (χ0) is 33.7. The van der Waals surface area contributed by atoms with E-state index in [0.717, 1.165) is 11.1 Å². The molecular weight excluding hydrogens is 633 g/mol. The summed E-state index contributed by atoms with van der Waals surface area (Å²) in [5.74, 6) is -3.64. The topological polar surface area (TPSA) is 125 Å². The number of nitrogens with one attached hydrogen (secondary N) is 2. The maximum Gasteiger partial charge on any atom is 0.244 e. The average Bonchev–Trinajstić information content (AvgIpc) is 3.14. The molecule has 1 aliphatic rings. The lowest BCUT2D eigenvalue weighted by atomic mass is 9.95. The predicted molar refractivity (Wildman–Crippen MR) is 187 cm³/mol. The number of rotatable bonds is 9. The predicted octanol–water partition coefficient (Wildman–Crippen LogP) is 6.23. The van der Waals surface area contributed by atoms with Gasteiger partial charge in [0, 0.05) is 41.9 Å². The first kappa shape index (κ1) is 35.8. The summed E-state index contributed by atoms with van der Waals surface area (Å²) in [6.45, 7) is 5.81. The van der Waals surface area contributed by atoms with E-state index >= 15 is 0 Å². The number of nitrogens with two attached hydrogens (primary N) is 1. The average molecular weight is 672 g/mol. The first-order chi connectivity index (χ1) is 22.5. The largest absolute Gasteiger partial charge is 0.352 e. The van der Waals surface area contributed by atoms with Gasteiger partial charge in [0.15, 0.2) is 0 Å². The van der Waals surface area contributed by atoms with E-state index in [4.69, 9.17) is 5.73 Å². The van der Waals surface area contributed by atoms with Crippen molar-refractivity contribution in [3.05, 3.63) is 120 Å². The first-order valence-corrected chi connectivity index (χ1v) is 15.4. The zero-order valence-electron chi connectivity index (χ0n) is 27.0. The Balaban J connectivity index is 0.00000520. The van der Waals surface area contributed by atoms with Crippen molar-refractivity contribution in [2.75, 3.05) is 15.1 Å². The monoisotopic (exact) mass is 671 g/mol. The Bertz CT molecular complexity index is 1790. The van der Waals surface area contributed by atoms with Crippen LogP contribution in [0.2, 0.25) is 0 Å². The van der Waals surface area contributed by atoms with Crippen LogP contribution in [0.1, 0.15) is 43.9 Å². The van der Waals surface area contributed by atoms with E-state index in [-0.39, 0.29) is 37.0 Å². The van der Waals surface area contributed by atoms with Crippen molar-refractivity contribution in [3.8, 4) is 0 Å². The van der Waals surface area contributed by atoms with Gasteiger partial charge >= 0.3 is 0 Å². The number of nitrogens with zero attached hydrogens (tertiary/aromatic N) is 2. The van der Waals surface area contributed by atoms with Gasteiger partial charge in [-0.25, -0.2) is 4.39 Å². The summed E-state index contributed by atoms with van der Waals surface area (Å²) in [7, 11) is 0. The molecule has 0 radical (unpaired) electrons. The lowest BCUT2D eigenvalue weighted by Gasteiger charge is -2.26. The van der Waals surface area contributed by atoms with Crippen LogP contribution < -0.4 is 26.2 Å². The number of carbonyl (C=O) groups excluding carboxylic acids is 4. The summed E-state index contributed by atoms with van der Waals surface area (Å²) in [5, 5.41) is 5.56. The highest BCUT2D eigenvalue weighted by Gasteiger charge is 2.42. The van der Waals surface area contributed by atoms with Crippen molar-refractivity contribution in [2.24, 2.45) is 17.1 Å². The minimum atomic E-state index is -1.37. The van der Waals surface area contributed by atoms with Crippen LogP contribution in [0, 0.1) is 17.2 Å². The molecule has 11 heteroatoms. The van der Waals surface area contributed by atoms with E-state index in [1.54, 1.807) is 78.9 Å². The number of para-hydroxylation sites is 2. The summed E-state index contributed by atoms with van der Waals surface area (Å²) in [6.07, 6.45) is -0.439. The molecule has 250 valence electrons. The van der Waals surface area contributed by atoms with Crippen LogP contribution >= 0.6 is 12.4 Å². The van der Waals surface area contributed by atoms with E-state index in [9.17, 15) is 23.6 Å². The summed E-state index contributed by atoms with van der Waals surface area (Å²) in [6, 6.07) is 27.4. The molecule has 0 spiro atoms. The molecule has 4 N–H and O–H groups in total. The number of benzene rings is 4. The third-order valence-corrected chi connectivity index (χ3v) is 7.98. The smallest absolute Gasteiger partial charge is 0.244 e. The molecule has 1 atom stereocenters. The first-order valence-electron chi connectivity index (χ1n) is 15.4. The van der Waals surface area contributed by atoms with Gasteiger partial charge in [0.25, 0.3) is 0 Å². The van der Waals surface area contributed by atoms with Crippen LogP contribution in [0.4, 0.5) is 27.1 Å². The van der Waals surface area contributed by atoms with Crippen LogP contribution in [-0.2, 0) is 38.8 Å². The van der Waals surface area contributed by atoms with Crippen LogP contribution in [0.3, 0.4) is 0 Å². The molecular formula is C37H39ClFN5O4. The summed E-state index contributed by atoms with van der Waals surface area (Å²) in [5.41, 5.74) is 9.25. The van der Waals surface area contributed by atoms with Gasteiger partial charge in [-0.3, -0.25) is 24.1 Å². The fraction of sp³-hybridized carbons (Fsp3) is 0.243. The zero-order valence-corrected chi connectivity index (χ0v) is 27.9. The normalized spacial score (nSPS) is 14.5. The second kappa shape index (κ2) is 15.2. The molecule has 9 nitrogen and oxygen atoms in total. The Labute approximate surface area is 285 Å². The lowest BCUT2D eigenvalue weighted by Crippen LogP contribution is -2.43. The number of hydrogen-bond donors (Lipinski definition) is 3. The van der Waals surface area contributed by atoms with E-state index in [1.807, 2.05) is 32.9 Å². The van der Waals surface area contributed by atoms with Gasteiger partial charge in [0.2, 0.25) is 23.6 Å². The van der Waals surface area contributed by atoms with E-state index in [0.29, 0.717) is 29.3 Å². The number of carbonyl (C=O) groups is 4. The number of hydrogen-bond acceptors (Lipinski definition) is 5. The van der Waals surface area contributed by atoms with Crippen molar-refractivity contribution in [3.63, 3.8) is 0 Å². The number of amides is 4. The molecule has 0 bridgehead atoms. The van der Waals surface area contributed by atoms with Gasteiger partial charge in [0.05, 0.1) is 17.9 Å². The van der Waals surface area contributed by atoms with Crippen LogP contribution in [0.15, 0.2) is 97.1 Å². The molecule has 0 fully saturated rings. The second-order valence-electron chi connectivity index (χ2n) is 12.5. The van der Waals surface area contributed by atoms with Crippen molar-refractivity contribution >= 4 is 58.8 Å². The molecule has 4 amide bonds. The van der Waals surface area contributed by atoms with Crippen LogP contribution in [0.5, 0.6) is 0 Å². The van der Waals surface area contributed by atoms with E-state index in [1.165, 1.54) is 15.9 Å².